The number of alkyl halides is 3. The summed E-state index contributed by atoms with van der Waals surface area (Å²) in [6, 6.07) is 10.5. The fourth-order valence-electron chi connectivity index (χ4n) is 3.71. The molecule has 11 nitrogen and oxygen atoms in total. The molecule has 0 radical (unpaired) electrons. The first-order valence-electron chi connectivity index (χ1n) is 11.3. The number of ether oxygens (including phenoxy) is 1. The summed E-state index contributed by atoms with van der Waals surface area (Å²) >= 11 is 18.6. The summed E-state index contributed by atoms with van der Waals surface area (Å²) in [5.74, 6) is -0.192. The number of aromatic nitrogens is 6. The maximum atomic E-state index is 13.2. The lowest BCUT2D eigenvalue weighted by Crippen LogP contribution is -2.37. The van der Waals surface area contributed by atoms with E-state index in [4.69, 9.17) is 45.3 Å². The molecule has 0 saturated heterocycles. The quantitative estimate of drug-likeness (QED) is 0.298. The zero-order valence-corrected chi connectivity index (χ0v) is 22.6. The molecule has 4 rings (SSSR count). The van der Waals surface area contributed by atoms with Crippen molar-refractivity contribution < 1.29 is 27.8 Å². The lowest BCUT2D eigenvalue weighted by atomic mass is 10.2. The number of aliphatic hydroxyl groups excluding tert-OH is 1. The summed E-state index contributed by atoms with van der Waals surface area (Å²) in [7, 11) is 0. The van der Waals surface area contributed by atoms with Crippen LogP contribution in [0.2, 0.25) is 15.1 Å². The molecule has 40 heavy (non-hydrogen) atoms. The number of carbonyl (C=O) groups excluding carboxylic acids is 1. The SMILES string of the molecule is CC(OC(N)=O)c1nc(Cn2nc(-c3ccc(Cl)cc3)n(CC(O)C(F)(F)F)c2=O)nn1-c1c(Cl)cccc1Cl. The van der Waals surface area contributed by atoms with E-state index in [0.717, 1.165) is 4.68 Å². The molecule has 2 unspecified atom stereocenters. The highest BCUT2D eigenvalue weighted by Gasteiger charge is 2.39. The van der Waals surface area contributed by atoms with Crippen molar-refractivity contribution in [2.75, 3.05) is 0 Å². The highest BCUT2D eigenvalue weighted by atomic mass is 35.5. The van der Waals surface area contributed by atoms with Gasteiger partial charge in [-0.15, -0.1) is 10.2 Å². The van der Waals surface area contributed by atoms with E-state index < -0.39 is 43.3 Å². The molecule has 2 heterocycles. The van der Waals surface area contributed by atoms with Gasteiger partial charge < -0.3 is 15.6 Å². The van der Waals surface area contributed by atoms with Crippen LogP contribution < -0.4 is 11.4 Å². The Kier molecular flexibility index (Phi) is 8.44. The molecule has 4 aromatic rings. The predicted molar refractivity (Wildman–Crippen MR) is 139 cm³/mol. The molecule has 0 aliphatic rings. The van der Waals surface area contributed by atoms with Crippen LogP contribution in [0.15, 0.2) is 47.3 Å². The first kappa shape index (κ1) is 29.4. The molecule has 2 aromatic heterocycles. The van der Waals surface area contributed by atoms with Gasteiger partial charge in [0.25, 0.3) is 0 Å². The van der Waals surface area contributed by atoms with Gasteiger partial charge in [0.15, 0.2) is 29.7 Å². The van der Waals surface area contributed by atoms with Gasteiger partial charge in [0.05, 0.1) is 16.6 Å². The number of primary amides is 1. The molecule has 2 atom stereocenters. The lowest BCUT2D eigenvalue weighted by Gasteiger charge is -2.15. The molecule has 0 fully saturated rings. The third-order valence-corrected chi connectivity index (χ3v) is 6.39. The van der Waals surface area contributed by atoms with Gasteiger partial charge >= 0.3 is 18.0 Å². The van der Waals surface area contributed by atoms with Crippen LogP contribution in [0.25, 0.3) is 17.1 Å². The molecule has 17 heteroatoms. The number of carbonyl (C=O) groups is 1. The predicted octanol–water partition coefficient (Wildman–Crippen LogP) is 4.38. The zero-order valence-electron chi connectivity index (χ0n) is 20.3. The molecule has 0 aliphatic carbocycles. The first-order valence-corrected chi connectivity index (χ1v) is 12.4. The normalized spacial score (nSPS) is 13.3. The van der Waals surface area contributed by atoms with Gasteiger partial charge in [-0.25, -0.2) is 23.9 Å². The summed E-state index contributed by atoms with van der Waals surface area (Å²) in [6.07, 6.45) is -9.97. The molecule has 0 saturated carbocycles. The van der Waals surface area contributed by atoms with Crippen molar-refractivity contribution in [1.29, 1.82) is 0 Å². The Labute approximate surface area is 238 Å². The van der Waals surface area contributed by atoms with Gasteiger partial charge in [0.2, 0.25) is 0 Å². The highest BCUT2D eigenvalue weighted by Crippen LogP contribution is 2.31. The summed E-state index contributed by atoms with van der Waals surface area (Å²) < 4.78 is 47.2. The summed E-state index contributed by atoms with van der Waals surface area (Å²) in [6.45, 7) is -0.0934. The second-order valence-electron chi connectivity index (χ2n) is 8.39. The van der Waals surface area contributed by atoms with E-state index in [9.17, 15) is 27.9 Å². The number of hydrogen-bond acceptors (Lipinski definition) is 7. The van der Waals surface area contributed by atoms with Gasteiger partial charge in [-0.3, -0.25) is 4.57 Å². The van der Waals surface area contributed by atoms with E-state index in [-0.39, 0.29) is 38.8 Å². The Balaban J connectivity index is 1.82. The largest absolute Gasteiger partial charge is 0.438 e. The Morgan fingerprint density at radius 1 is 1.10 bits per heavy atom. The average Bonchev–Trinajstić information content (AvgIpc) is 3.40. The van der Waals surface area contributed by atoms with Gasteiger partial charge in [0, 0.05) is 10.6 Å². The van der Waals surface area contributed by atoms with Crippen LogP contribution in [0.5, 0.6) is 0 Å². The minimum absolute atomic E-state index is 0.0294. The highest BCUT2D eigenvalue weighted by molar-refractivity contribution is 6.37. The number of nitrogens with zero attached hydrogens (tertiary/aromatic N) is 6. The molecule has 212 valence electrons. The van der Waals surface area contributed by atoms with Crippen molar-refractivity contribution >= 4 is 40.9 Å². The van der Waals surface area contributed by atoms with Gasteiger partial charge in [-0.05, 0) is 43.3 Å². The van der Waals surface area contributed by atoms with Crippen molar-refractivity contribution in [3.05, 3.63) is 79.7 Å². The molecule has 0 bridgehead atoms. The molecule has 0 aliphatic heterocycles. The molecule has 3 N–H and O–H groups in total. The molecule has 2 aromatic carbocycles. The topological polar surface area (TPSA) is 143 Å². The number of benzene rings is 2. The van der Waals surface area contributed by atoms with Crippen LogP contribution in [-0.4, -0.2) is 52.6 Å². The fraction of sp³-hybridized carbons (Fsp3) is 0.261. The Morgan fingerprint density at radius 3 is 2.30 bits per heavy atom. The van der Waals surface area contributed by atoms with Crippen LogP contribution in [0.1, 0.15) is 24.7 Å². The molecular formula is C23H19Cl3F3N7O4. The standard InChI is InChI=1S/C23H19Cl3F3N7O4/c1-11(40-21(30)38)19-31-17(32-36(19)18-14(25)3-2-4-15(18)26)10-35-22(39)34(9-16(37)23(27,28)29)20(33-35)12-5-7-13(24)8-6-12/h2-8,11,16,37H,9-10H2,1H3,(H2,30,38). The number of rotatable bonds is 8. The number of aliphatic hydroxyl groups is 1. The summed E-state index contributed by atoms with van der Waals surface area (Å²) in [4.78, 5) is 28.9. The number of hydrogen-bond donors (Lipinski definition) is 2. The van der Waals surface area contributed by atoms with E-state index in [1.54, 1.807) is 6.07 Å². The first-order chi connectivity index (χ1) is 18.8. The maximum absolute atomic E-state index is 13.2. The third-order valence-electron chi connectivity index (χ3n) is 5.53. The van der Waals surface area contributed by atoms with Crippen LogP contribution >= 0.6 is 34.8 Å². The van der Waals surface area contributed by atoms with E-state index >= 15 is 0 Å². The fourth-order valence-corrected chi connectivity index (χ4v) is 4.40. The van der Waals surface area contributed by atoms with Crippen molar-refractivity contribution in [3.63, 3.8) is 0 Å². The Bertz CT molecular complexity index is 1580. The number of nitrogens with two attached hydrogens (primary N) is 1. The Hall–Kier alpha value is -3.59. The van der Waals surface area contributed by atoms with Gasteiger partial charge in [-0.2, -0.15) is 13.2 Å². The summed E-state index contributed by atoms with van der Waals surface area (Å²) in [5.41, 5.74) is 4.61. The van der Waals surface area contributed by atoms with Crippen LogP contribution in [-0.2, 0) is 17.8 Å². The van der Waals surface area contributed by atoms with E-state index in [2.05, 4.69) is 15.2 Å². The second-order valence-corrected chi connectivity index (χ2v) is 9.64. The van der Waals surface area contributed by atoms with Crippen LogP contribution in [0.4, 0.5) is 18.0 Å². The zero-order chi connectivity index (χ0) is 29.4. The van der Waals surface area contributed by atoms with E-state index in [1.807, 2.05) is 0 Å². The maximum Gasteiger partial charge on any atom is 0.416 e. The lowest BCUT2D eigenvalue weighted by molar-refractivity contribution is -0.207. The minimum Gasteiger partial charge on any atom is -0.438 e. The molecule has 1 amide bonds. The van der Waals surface area contributed by atoms with E-state index in [0.29, 0.717) is 9.59 Å². The van der Waals surface area contributed by atoms with Crippen molar-refractivity contribution in [3.8, 4) is 17.1 Å². The molecular weight excluding hydrogens is 602 g/mol. The van der Waals surface area contributed by atoms with Crippen LogP contribution in [0.3, 0.4) is 0 Å². The molecule has 0 spiro atoms. The monoisotopic (exact) mass is 619 g/mol. The average molecular weight is 621 g/mol. The van der Waals surface area contributed by atoms with Crippen molar-refractivity contribution in [2.24, 2.45) is 5.73 Å². The van der Waals surface area contributed by atoms with Crippen LogP contribution in [0, 0.1) is 0 Å². The smallest absolute Gasteiger partial charge is 0.416 e. The number of amides is 1. The van der Waals surface area contributed by atoms with Crippen molar-refractivity contribution in [1.82, 2.24) is 29.1 Å². The Morgan fingerprint density at radius 2 is 1.73 bits per heavy atom. The van der Waals surface area contributed by atoms with Gasteiger partial charge in [-0.1, -0.05) is 40.9 Å². The second kappa shape index (κ2) is 11.5. The third kappa shape index (κ3) is 6.25. The minimum atomic E-state index is -4.99. The number of halogens is 6. The van der Waals surface area contributed by atoms with Crippen molar-refractivity contribution in [2.45, 2.75) is 38.4 Å². The number of para-hydroxylation sites is 1. The van der Waals surface area contributed by atoms with E-state index in [1.165, 1.54) is 48.0 Å². The van der Waals surface area contributed by atoms with Gasteiger partial charge in [0.1, 0.15) is 12.2 Å². The summed E-state index contributed by atoms with van der Waals surface area (Å²) in [5, 5.41) is 18.9.